The first-order valence-corrected chi connectivity index (χ1v) is 9.33. The highest BCUT2D eigenvalue weighted by molar-refractivity contribution is 7.89. The molecule has 0 spiro atoms. The van der Waals surface area contributed by atoms with Crippen molar-refractivity contribution in [3.63, 3.8) is 0 Å². The van der Waals surface area contributed by atoms with Crippen molar-refractivity contribution in [3.8, 4) is 0 Å². The van der Waals surface area contributed by atoms with E-state index in [2.05, 4.69) is 4.72 Å². The zero-order chi connectivity index (χ0) is 19.2. The molecule has 8 heteroatoms. The van der Waals surface area contributed by atoms with Gasteiger partial charge in [0, 0.05) is 13.2 Å². The van der Waals surface area contributed by atoms with Gasteiger partial charge in [0.1, 0.15) is 12.4 Å². The monoisotopic (exact) mass is 381 g/mol. The van der Waals surface area contributed by atoms with Gasteiger partial charge in [0.15, 0.2) is 0 Å². The lowest BCUT2D eigenvalue weighted by molar-refractivity contribution is 0.0472. The number of nitrogens with one attached hydrogen (secondary N) is 1. The molecule has 6 nitrogen and oxygen atoms in total. The van der Waals surface area contributed by atoms with Crippen LogP contribution in [-0.4, -0.2) is 34.1 Å². The van der Waals surface area contributed by atoms with Crippen molar-refractivity contribution in [2.24, 2.45) is 0 Å². The van der Waals surface area contributed by atoms with E-state index in [0.717, 1.165) is 0 Å². The molecule has 140 valence electrons. The second kappa shape index (κ2) is 8.88. The molecule has 2 rings (SSSR count). The summed E-state index contributed by atoms with van der Waals surface area (Å²) < 4.78 is 50.0. The van der Waals surface area contributed by atoms with Crippen LogP contribution in [0.2, 0.25) is 0 Å². The molecule has 0 bridgehead atoms. The standard InChI is InChI=1S/C18H20FNO5S/c1-13(11-24-2)20-26(22,23)17-8-6-15(7-9-17)18(21)25-12-14-4-3-5-16(19)10-14/h3-10,13,20H,11-12H2,1-2H3/t13-/m0/s1. The number of carbonyl (C=O) groups is 1. The molecule has 2 aromatic rings. The zero-order valence-corrected chi connectivity index (χ0v) is 15.3. The second-order valence-corrected chi connectivity index (χ2v) is 7.42. The number of carbonyl (C=O) groups excluding carboxylic acids is 1. The van der Waals surface area contributed by atoms with Gasteiger partial charge < -0.3 is 9.47 Å². The van der Waals surface area contributed by atoms with Crippen molar-refractivity contribution in [3.05, 3.63) is 65.5 Å². The Morgan fingerprint density at radius 2 is 1.88 bits per heavy atom. The summed E-state index contributed by atoms with van der Waals surface area (Å²) in [5, 5.41) is 0. The van der Waals surface area contributed by atoms with E-state index < -0.39 is 21.8 Å². The SMILES string of the molecule is COC[C@H](C)NS(=O)(=O)c1ccc(C(=O)OCc2cccc(F)c2)cc1. The van der Waals surface area contributed by atoms with Gasteiger partial charge in [-0.05, 0) is 48.9 Å². The fraction of sp³-hybridized carbons (Fsp3) is 0.278. The molecule has 26 heavy (non-hydrogen) atoms. The number of hydrogen-bond acceptors (Lipinski definition) is 5. The number of ether oxygens (including phenoxy) is 2. The van der Waals surface area contributed by atoms with Gasteiger partial charge in [-0.15, -0.1) is 0 Å². The number of sulfonamides is 1. The summed E-state index contributed by atoms with van der Waals surface area (Å²) in [6.45, 7) is 1.84. The Balaban J connectivity index is 2.00. The van der Waals surface area contributed by atoms with Gasteiger partial charge in [-0.25, -0.2) is 22.3 Å². The van der Waals surface area contributed by atoms with E-state index in [-0.39, 0.29) is 29.7 Å². The lowest BCUT2D eigenvalue weighted by Crippen LogP contribution is -2.35. The van der Waals surface area contributed by atoms with E-state index in [1.54, 1.807) is 13.0 Å². The summed E-state index contributed by atoms with van der Waals surface area (Å²) >= 11 is 0. The van der Waals surface area contributed by atoms with Crippen molar-refractivity contribution < 1.29 is 27.1 Å². The third-order valence-electron chi connectivity index (χ3n) is 3.43. The number of rotatable bonds is 8. The molecule has 2 aromatic carbocycles. The minimum atomic E-state index is -3.71. The molecule has 0 unspecified atom stereocenters. The highest BCUT2D eigenvalue weighted by Gasteiger charge is 2.18. The molecule has 1 N–H and O–H groups in total. The van der Waals surface area contributed by atoms with Gasteiger partial charge in [-0.1, -0.05) is 12.1 Å². The van der Waals surface area contributed by atoms with Gasteiger partial charge in [0.25, 0.3) is 0 Å². The maximum Gasteiger partial charge on any atom is 0.338 e. The summed E-state index contributed by atoms with van der Waals surface area (Å²) in [6, 6.07) is 10.7. The first kappa shape index (κ1) is 20.0. The van der Waals surface area contributed by atoms with E-state index in [0.29, 0.717) is 5.56 Å². The summed E-state index contributed by atoms with van der Waals surface area (Å²) in [4.78, 5) is 12.1. The number of benzene rings is 2. The van der Waals surface area contributed by atoms with Crippen molar-refractivity contribution in [2.75, 3.05) is 13.7 Å². The molecule has 0 aromatic heterocycles. The molecular formula is C18H20FNO5S. The number of esters is 1. The minimum Gasteiger partial charge on any atom is -0.457 e. The topological polar surface area (TPSA) is 81.7 Å². The van der Waals surface area contributed by atoms with E-state index in [1.807, 2.05) is 0 Å². The van der Waals surface area contributed by atoms with Crippen LogP contribution in [0.5, 0.6) is 0 Å². The quantitative estimate of drug-likeness (QED) is 0.711. The van der Waals surface area contributed by atoms with Crippen molar-refractivity contribution in [1.29, 1.82) is 0 Å². The number of methoxy groups -OCH3 is 1. The Labute approximate surface area is 152 Å². The molecule has 0 radical (unpaired) electrons. The molecule has 1 atom stereocenters. The van der Waals surface area contributed by atoms with Crippen LogP contribution in [0.25, 0.3) is 0 Å². The van der Waals surface area contributed by atoms with Gasteiger partial charge in [-0.2, -0.15) is 0 Å². The Bertz CT molecular complexity index is 852. The Hall–Kier alpha value is -2.29. The summed E-state index contributed by atoms with van der Waals surface area (Å²) in [7, 11) is -2.23. The first-order chi connectivity index (χ1) is 12.3. The van der Waals surface area contributed by atoms with Crippen LogP contribution in [0.15, 0.2) is 53.4 Å². The van der Waals surface area contributed by atoms with E-state index in [4.69, 9.17) is 9.47 Å². The van der Waals surface area contributed by atoms with E-state index in [9.17, 15) is 17.6 Å². The molecule has 0 heterocycles. The molecule has 0 aliphatic carbocycles. The first-order valence-electron chi connectivity index (χ1n) is 7.84. The third kappa shape index (κ3) is 5.62. The highest BCUT2D eigenvalue weighted by Crippen LogP contribution is 2.13. The normalized spacial score (nSPS) is 12.6. The van der Waals surface area contributed by atoms with Crippen molar-refractivity contribution in [1.82, 2.24) is 4.72 Å². The van der Waals surface area contributed by atoms with Crippen LogP contribution in [-0.2, 0) is 26.1 Å². The molecular weight excluding hydrogens is 361 g/mol. The molecule has 0 saturated heterocycles. The molecule has 0 aliphatic rings. The van der Waals surface area contributed by atoms with E-state index in [1.165, 1.54) is 49.6 Å². The summed E-state index contributed by atoms with van der Waals surface area (Å²) in [5.74, 6) is -1.04. The second-order valence-electron chi connectivity index (χ2n) is 5.71. The minimum absolute atomic E-state index is 0.0298. The maximum atomic E-state index is 13.1. The van der Waals surface area contributed by atoms with Gasteiger partial charge in [0.2, 0.25) is 10.0 Å². The van der Waals surface area contributed by atoms with Crippen LogP contribution >= 0.6 is 0 Å². The zero-order valence-electron chi connectivity index (χ0n) is 14.4. The van der Waals surface area contributed by atoms with Crippen LogP contribution in [0.3, 0.4) is 0 Å². The molecule has 0 aliphatic heterocycles. The summed E-state index contributed by atoms with van der Waals surface area (Å²) in [5.41, 5.74) is 0.721. The fourth-order valence-electron chi connectivity index (χ4n) is 2.25. The van der Waals surface area contributed by atoms with Gasteiger partial charge in [-0.3, -0.25) is 0 Å². The summed E-state index contributed by atoms with van der Waals surface area (Å²) in [6.07, 6.45) is 0. The molecule has 0 amide bonds. The van der Waals surface area contributed by atoms with Gasteiger partial charge in [0.05, 0.1) is 17.1 Å². The average Bonchev–Trinajstić information content (AvgIpc) is 2.59. The van der Waals surface area contributed by atoms with Crippen LogP contribution < -0.4 is 4.72 Å². The van der Waals surface area contributed by atoms with Crippen molar-refractivity contribution in [2.45, 2.75) is 24.5 Å². The Morgan fingerprint density at radius 3 is 2.50 bits per heavy atom. The van der Waals surface area contributed by atoms with Gasteiger partial charge >= 0.3 is 5.97 Å². The molecule has 0 saturated carbocycles. The fourth-order valence-corrected chi connectivity index (χ4v) is 3.47. The Morgan fingerprint density at radius 1 is 1.19 bits per heavy atom. The van der Waals surface area contributed by atoms with Crippen LogP contribution in [0.4, 0.5) is 4.39 Å². The number of halogens is 1. The van der Waals surface area contributed by atoms with Crippen molar-refractivity contribution >= 4 is 16.0 Å². The lowest BCUT2D eigenvalue weighted by Gasteiger charge is -2.13. The average molecular weight is 381 g/mol. The predicted molar refractivity (Wildman–Crippen MR) is 93.6 cm³/mol. The molecule has 0 fully saturated rings. The largest absolute Gasteiger partial charge is 0.457 e. The lowest BCUT2D eigenvalue weighted by atomic mass is 10.2. The highest BCUT2D eigenvalue weighted by atomic mass is 32.2. The van der Waals surface area contributed by atoms with Crippen LogP contribution in [0, 0.1) is 5.82 Å². The van der Waals surface area contributed by atoms with E-state index >= 15 is 0 Å². The maximum absolute atomic E-state index is 13.1. The predicted octanol–water partition coefficient (Wildman–Crippen LogP) is 2.50. The Kier molecular flexibility index (Phi) is 6.84. The third-order valence-corrected chi connectivity index (χ3v) is 5.04. The smallest absolute Gasteiger partial charge is 0.338 e. The van der Waals surface area contributed by atoms with Crippen LogP contribution in [0.1, 0.15) is 22.8 Å². The number of hydrogen-bond donors (Lipinski definition) is 1.